The van der Waals surface area contributed by atoms with Crippen LogP contribution in [0.2, 0.25) is 0 Å². The summed E-state index contributed by atoms with van der Waals surface area (Å²) < 4.78 is 26.5. The molecule has 2 heterocycles. The quantitative estimate of drug-likeness (QED) is 0.359. The third-order valence-corrected chi connectivity index (χ3v) is 6.69. The number of halogens is 1. The normalized spacial score (nSPS) is 17.4. The maximum absolute atomic E-state index is 14.5. The predicted molar refractivity (Wildman–Crippen MR) is 138 cm³/mol. The van der Waals surface area contributed by atoms with Crippen molar-refractivity contribution in [3.05, 3.63) is 71.9 Å². The molecular formula is C27H29FN6O3. The maximum Gasteiger partial charge on any atom is 0.407 e. The van der Waals surface area contributed by atoms with E-state index >= 15 is 0 Å². The molecule has 4 aromatic rings. The van der Waals surface area contributed by atoms with Gasteiger partial charge in [0.2, 0.25) is 5.95 Å². The molecule has 9 nitrogen and oxygen atoms in total. The summed E-state index contributed by atoms with van der Waals surface area (Å²) in [6, 6.07) is 14.4. The van der Waals surface area contributed by atoms with Crippen LogP contribution < -0.4 is 15.4 Å². The van der Waals surface area contributed by atoms with E-state index < -0.39 is 6.09 Å². The first kappa shape index (κ1) is 24.5. The lowest BCUT2D eigenvalue weighted by atomic mass is 9.91. The molecule has 1 amide bonds. The summed E-state index contributed by atoms with van der Waals surface area (Å²) in [5.41, 5.74) is 2.73. The summed E-state index contributed by atoms with van der Waals surface area (Å²) in [5, 5.41) is 6.06. The molecule has 2 N–H and O–H groups in total. The van der Waals surface area contributed by atoms with Crippen LogP contribution in [0, 0.1) is 5.82 Å². The molecule has 1 aliphatic carbocycles. The van der Waals surface area contributed by atoms with Gasteiger partial charge >= 0.3 is 6.09 Å². The Balaban J connectivity index is 1.47. The number of nitrogens with one attached hydrogen (secondary N) is 2. The van der Waals surface area contributed by atoms with E-state index in [2.05, 4.69) is 20.2 Å². The number of methoxy groups -OCH3 is 2. The van der Waals surface area contributed by atoms with Crippen LogP contribution in [-0.4, -0.2) is 45.9 Å². The Bertz CT molecular complexity index is 1380. The Morgan fingerprint density at radius 1 is 1.05 bits per heavy atom. The molecule has 0 radical (unpaired) electrons. The summed E-state index contributed by atoms with van der Waals surface area (Å²) in [6.07, 6.45) is 5.00. The molecule has 1 aliphatic rings. The second kappa shape index (κ2) is 10.8. The van der Waals surface area contributed by atoms with Crippen molar-refractivity contribution in [1.29, 1.82) is 0 Å². The van der Waals surface area contributed by atoms with Gasteiger partial charge in [0.05, 0.1) is 26.1 Å². The standard InChI is InChI=1S/C27H29FN6O3/c1-36-20-13-7-17(8-14-20)15-24-29-16-23-25(33-24)34(19-11-9-18(10-12-19)30-27(35)37-2)26(32-23)31-22-6-4-3-5-21(22)28/h3-8,13-14,16,18-19H,9-12,15H2,1-2H3,(H,30,35)(H,31,32). The number of carbonyl (C=O) groups is 1. The average molecular weight is 505 g/mol. The number of hydrogen-bond acceptors (Lipinski definition) is 7. The van der Waals surface area contributed by atoms with Crippen molar-refractivity contribution in [3.8, 4) is 5.75 Å². The number of ether oxygens (including phenoxy) is 2. The van der Waals surface area contributed by atoms with Crippen molar-refractivity contribution in [2.75, 3.05) is 19.5 Å². The van der Waals surface area contributed by atoms with Gasteiger partial charge in [-0.2, -0.15) is 0 Å². The van der Waals surface area contributed by atoms with Crippen molar-refractivity contribution < 1.29 is 18.7 Å². The second-order valence-corrected chi connectivity index (χ2v) is 9.07. The molecular weight excluding hydrogens is 475 g/mol. The summed E-state index contributed by atoms with van der Waals surface area (Å²) in [7, 11) is 3.00. The number of carbonyl (C=O) groups excluding carboxylic acids is 1. The molecule has 0 unspecified atom stereocenters. The van der Waals surface area contributed by atoms with Gasteiger partial charge in [-0.25, -0.2) is 24.1 Å². The highest BCUT2D eigenvalue weighted by atomic mass is 19.1. The summed E-state index contributed by atoms with van der Waals surface area (Å²) in [5.74, 6) is 1.61. The molecule has 5 rings (SSSR count). The molecule has 0 spiro atoms. The third kappa shape index (κ3) is 5.47. The van der Waals surface area contributed by atoms with Gasteiger partial charge < -0.3 is 20.1 Å². The van der Waals surface area contributed by atoms with Gasteiger partial charge in [-0.3, -0.25) is 4.57 Å². The Morgan fingerprint density at radius 3 is 2.51 bits per heavy atom. The number of para-hydroxylation sites is 1. The molecule has 0 saturated heterocycles. The molecule has 0 atom stereocenters. The Morgan fingerprint density at radius 2 is 1.81 bits per heavy atom. The van der Waals surface area contributed by atoms with Gasteiger partial charge in [0.1, 0.15) is 22.9 Å². The molecule has 2 aromatic heterocycles. The lowest BCUT2D eigenvalue weighted by Crippen LogP contribution is -2.38. The first-order valence-corrected chi connectivity index (χ1v) is 12.3. The van der Waals surface area contributed by atoms with E-state index in [-0.39, 0.29) is 17.9 Å². The predicted octanol–water partition coefficient (Wildman–Crippen LogP) is 5.15. The minimum atomic E-state index is -0.422. The van der Waals surface area contributed by atoms with Crippen LogP contribution in [0.1, 0.15) is 43.1 Å². The lowest BCUT2D eigenvalue weighted by Gasteiger charge is -2.30. The SMILES string of the molecule is COC(=O)NC1CCC(n2c(Nc3ccccc3F)nc3cnc(Cc4ccc(OC)cc4)nc32)CC1. The number of alkyl carbamates (subject to hydrolysis) is 1. The van der Waals surface area contributed by atoms with Gasteiger partial charge in [0, 0.05) is 18.5 Å². The van der Waals surface area contributed by atoms with Gasteiger partial charge in [-0.15, -0.1) is 0 Å². The Hall–Kier alpha value is -4.21. The zero-order valence-corrected chi connectivity index (χ0v) is 20.8. The van der Waals surface area contributed by atoms with Crippen LogP contribution in [0.5, 0.6) is 5.75 Å². The highest BCUT2D eigenvalue weighted by Crippen LogP contribution is 2.35. The van der Waals surface area contributed by atoms with Gasteiger partial charge in [-0.1, -0.05) is 24.3 Å². The van der Waals surface area contributed by atoms with Crippen LogP contribution in [0.3, 0.4) is 0 Å². The maximum atomic E-state index is 14.5. The zero-order chi connectivity index (χ0) is 25.8. The number of benzene rings is 2. The van der Waals surface area contributed by atoms with E-state index in [9.17, 15) is 9.18 Å². The van der Waals surface area contributed by atoms with E-state index in [4.69, 9.17) is 19.4 Å². The van der Waals surface area contributed by atoms with E-state index in [0.717, 1.165) is 37.0 Å². The average Bonchev–Trinajstić information content (AvgIpc) is 3.28. The third-order valence-electron chi connectivity index (χ3n) is 6.69. The number of rotatable bonds is 7. The highest BCUT2D eigenvalue weighted by Gasteiger charge is 2.28. The number of fused-ring (bicyclic) bond motifs is 1. The number of aromatic nitrogens is 4. The van der Waals surface area contributed by atoms with Crippen LogP contribution in [0.4, 0.5) is 20.8 Å². The molecule has 37 heavy (non-hydrogen) atoms. The fraction of sp³-hybridized carbons (Fsp3) is 0.333. The number of amides is 1. The number of nitrogens with zero attached hydrogens (tertiary/aromatic N) is 4. The fourth-order valence-electron chi connectivity index (χ4n) is 4.76. The molecule has 192 valence electrons. The molecule has 10 heteroatoms. The minimum Gasteiger partial charge on any atom is -0.497 e. The van der Waals surface area contributed by atoms with E-state index in [1.807, 2.05) is 24.3 Å². The molecule has 1 saturated carbocycles. The minimum absolute atomic E-state index is 0.0433. The Kier molecular flexibility index (Phi) is 7.16. The molecule has 0 bridgehead atoms. The van der Waals surface area contributed by atoms with Crippen LogP contribution in [-0.2, 0) is 11.2 Å². The van der Waals surface area contributed by atoms with Crippen molar-refractivity contribution in [1.82, 2.24) is 24.8 Å². The second-order valence-electron chi connectivity index (χ2n) is 9.07. The van der Waals surface area contributed by atoms with E-state index in [1.165, 1.54) is 13.2 Å². The summed E-state index contributed by atoms with van der Waals surface area (Å²) >= 11 is 0. The van der Waals surface area contributed by atoms with Crippen LogP contribution in [0.15, 0.2) is 54.7 Å². The van der Waals surface area contributed by atoms with Crippen molar-refractivity contribution in [3.63, 3.8) is 0 Å². The largest absolute Gasteiger partial charge is 0.497 e. The van der Waals surface area contributed by atoms with Crippen molar-refractivity contribution in [2.45, 2.75) is 44.2 Å². The number of anilines is 2. The topological polar surface area (TPSA) is 103 Å². The van der Waals surface area contributed by atoms with Crippen molar-refractivity contribution in [2.24, 2.45) is 0 Å². The van der Waals surface area contributed by atoms with Crippen molar-refractivity contribution >= 4 is 28.9 Å². The smallest absolute Gasteiger partial charge is 0.407 e. The highest BCUT2D eigenvalue weighted by molar-refractivity contribution is 5.75. The molecule has 1 fully saturated rings. The lowest BCUT2D eigenvalue weighted by molar-refractivity contribution is 0.161. The molecule has 0 aliphatic heterocycles. The first-order chi connectivity index (χ1) is 18.0. The zero-order valence-electron chi connectivity index (χ0n) is 20.8. The molecule has 2 aromatic carbocycles. The monoisotopic (exact) mass is 504 g/mol. The van der Waals surface area contributed by atoms with Crippen LogP contribution >= 0.6 is 0 Å². The first-order valence-electron chi connectivity index (χ1n) is 12.3. The summed E-state index contributed by atoms with van der Waals surface area (Å²) in [4.78, 5) is 25.8. The van der Waals surface area contributed by atoms with Crippen LogP contribution in [0.25, 0.3) is 11.2 Å². The summed E-state index contributed by atoms with van der Waals surface area (Å²) in [6.45, 7) is 0. The fourth-order valence-corrected chi connectivity index (χ4v) is 4.76. The van der Waals surface area contributed by atoms with Gasteiger partial charge in [-0.05, 0) is 55.5 Å². The van der Waals surface area contributed by atoms with Gasteiger partial charge in [0.15, 0.2) is 5.65 Å². The van der Waals surface area contributed by atoms with E-state index in [0.29, 0.717) is 35.0 Å². The van der Waals surface area contributed by atoms with E-state index in [1.54, 1.807) is 31.5 Å². The van der Waals surface area contributed by atoms with Gasteiger partial charge in [0.25, 0.3) is 0 Å². The number of hydrogen-bond donors (Lipinski definition) is 2. The number of imidazole rings is 1. The Labute approximate surface area is 214 Å².